The van der Waals surface area contributed by atoms with Gasteiger partial charge in [-0.15, -0.1) is 0 Å². The van der Waals surface area contributed by atoms with Gasteiger partial charge in [-0.05, 0) is 29.8 Å². The number of ether oxygens (including phenoxy) is 1. The fourth-order valence-corrected chi connectivity index (χ4v) is 3.03. The van der Waals surface area contributed by atoms with Gasteiger partial charge in [0.15, 0.2) is 0 Å². The lowest BCUT2D eigenvalue weighted by atomic mass is 10.1. The average Bonchev–Trinajstić information content (AvgIpc) is 3.12. The van der Waals surface area contributed by atoms with E-state index in [4.69, 9.17) is 27.9 Å². The minimum absolute atomic E-state index is 0.0363. The van der Waals surface area contributed by atoms with E-state index in [9.17, 15) is 0 Å². The molecule has 7 heteroatoms. The minimum Gasteiger partial charge on any atom is -0.492 e. The smallest absolute Gasteiger partial charge is 0.137 e. The molecule has 1 N–H and O–H groups in total. The third kappa shape index (κ3) is 5.19. The largest absolute Gasteiger partial charge is 0.492 e. The third-order valence-electron chi connectivity index (χ3n) is 3.68. The lowest BCUT2D eigenvalue weighted by Gasteiger charge is -2.20. The van der Waals surface area contributed by atoms with Gasteiger partial charge in [-0.3, -0.25) is 4.68 Å². The Hall–Kier alpha value is -2.08. The normalized spacial score (nSPS) is 12.1. The molecule has 130 valence electrons. The molecular formula is C18H18Cl2N4O. The SMILES string of the molecule is Clc1ccc(C(Cn2cncn2)NCCOc2ccccc2)c(Cl)c1. The molecule has 1 heterocycles. The second-order valence-electron chi connectivity index (χ2n) is 5.45. The Balaban J connectivity index is 1.64. The van der Waals surface area contributed by atoms with Crippen LogP contribution in [0.1, 0.15) is 11.6 Å². The average molecular weight is 377 g/mol. The Labute approximate surface area is 156 Å². The molecule has 0 aliphatic carbocycles. The summed E-state index contributed by atoms with van der Waals surface area (Å²) in [6, 6.07) is 15.2. The Morgan fingerprint density at radius 1 is 1.12 bits per heavy atom. The molecule has 0 amide bonds. The van der Waals surface area contributed by atoms with Crippen molar-refractivity contribution < 1.29 is 4.74 Å². The number of hydrogen-bond acceptors (Lipinski definition) is 4. The van der Waals surface area contributed by atoms with Gasteiger partial charge >= 0.3 is 0 Å². The molecule has 0 spiro atoms. The first-order chi connectivity index (χ1) is 12.2. The van der Waals surface area contributed by atoms with Crippen LogP contribution in [0, 0.1) is 0 Å². The van der Waals surface area contributed by atoms with Crippen molar-refractivity contribution in [3.05, 3.63) is 76.8 Å². The Bertz CT molecular complexity index is 781. The summed E-state index contributed by atoms with van der Waals surface area (Å²) in [4.78, 5) is 3.99. The van der Waals surface area contributed by atoms with E-state index >= 15 is 0 Å². The van der Waals surface area contributed by atoms with Gasteiger partial charge in [0.2, 0.25) is 0 Å². The Morgan fingerprint density at radius 3 is 2.68 bits per heavy atom. The fourth-order valence-electron chi connectivity index (χ4n) is 2.49. The number of benzene rings is 2. The maximum Gasteiger partial charge on any atom is 0.137 e. The molecule has 0 radical (unpaired) electrons. The maximum absolute atomic E-state index is 6.37. The molecule has 1 atom stereocenters. The van der Waals surface area contributed by atoms with Crippen molar-refractivity contribution in [1.82, 2.24) is 20.1 Å². The maximum atomic E-state index is 6.37. The van der Waals surface area contributed by atoms with Crippen LogP contribution in [0.25, 0.3) is 0 Å². The third-order valence-corrected chi connectivity index (χ3v) is 4.24. The highest BCUT2D eigenvalue weighted by Gasteiger charge is 2.16. The molecule has 2 aromatic carbocycles. The summed E-state index contributed by atoms with van der Waals surface area (Å²) >= 11 is 12.4. The summed E-state index contributed by atoms with van der Waals surface area (Å²) < 4.78 is 7.49. The first-order valence-electron chi connectivity index (χ1n) is 7.91. The summed E-state index contributed by atoms with van der Waals surface area (Å²) in [5, 5.41) is 8.86. The standard InChI is InChI=1S/C18H18Cl2N4O/c19-14-6-7-16(17(20)10-14)18(11-24-13-21-12-23-24)22-8-9-25-15-4-2-1-3-5-15/h1-7,10,12-13,18,22H,8-9,11H2. The van der Waals surface area contributed by atoms with E-state index < -0.39 is 0 Å². The Morgan fingerprint density at radius 2 is 1.96 bits per heavy atom. The fraction of sp³-hybridized carbons (Fsp3) is 0.222. The zero-order valence-corrected chi connectivity index (χ0v) is 15.0. The summed E-state index contributed by atoms with van der Waals surface area (Å²) in [6.45, 7) is 1.81. The van der Waals surface area contributed by atoms with E-state index in [0.29, 0.717) is 29.7 Å². The van der Waals surface area contributed by atoms with Gasteiger partial charge in [0, 0.05) is 16.6 Å². The molecular weight excluding hydrogens is 359 g/mol. The lowest BCUT2D eigenvalue weighted by Crippen LogP contribution is -2.29. The van der Waals surface area contributed by atoms with Crippen molar-refractivity contribution in [2.75, 3.05) is 13.2 Å². The first kappa shape index (κ1) is 17.7. The first-order valence-corrected chi connectivity index (χ1v) is 8.66. The Kier molecular flexibility index (Phi) is 6.28. The van der Waals surface area contributed by atoms with Crippen LogP contribution >= 0.6 is 23.2 Å². The van der Waals surface area contributed by atoms with Crippen molar-refractivity contribution in [2.45, 2.75) is 12.6 Å². The van der Waals surface area contributed by atoms with Gasteiger partial charge in [-0.2, -0.15) is 5.10 Å². The van der Waals surface area contributed by atoms with Gasteiger partial charge < -0.3 is 10.1 Å². The molecule has 0 saturated heterocycles. The van der Waals surface area contributed by atoms with E-state index in [1.54, 1.807) is 17.1 Å². The van der Waals surface area contributed by atoms with Crippen molar-refractivity contribution in [3.8, 4) is 5.75 Å². The number of nitrogens with zero attached hydrogens (tertiary/aromatic N) is 3. The van der Waals surface area contributed by atoms with Gasteiger partial charge in [0.1, 0.15) is 25.0 Å². The van der Waals surface area contributed by atoms with Crippen LogP contribution in [0.4, 0.5) is 0 Å². The van der Waals surface area contributed by atoms with Crippen LogP contribution in [0.3, 0.4) is 0 Å². The number of nitrogens with one attached hydrogen (secondary N) is 1. The van der Waals surface area contributed by atoms with E-state index in [1.165, 1.54) is 6.33 Å². The lowest BCUT2D eigenvalue weighted by molar-refractivity contribution is 0.299. The second kappa shape index (κ2) is 8.85. The van der Waals surface area contributed by atoms with E-state index in [1.807, 2.05) is 42.5 Å². The van der Waals surface area contributed by atoms with E-state index in [-0.39, 0.29) is 6.04 Å². The number of para-hydroxylation sites is 1. The van der Waals surface area contributed by atoms with Crippen molar-refractivity contribution in [3.63, 3.8) is 0 Å². The zero-order valence-electron chi connectivity index (χ0n) is 13.5. The van der Waals surface area contributed by atoms with Crippen LogP contribution < -0.4 is 10.1 Å². The van der Waals surface area contributed by atoms with Crippen LogP contribution in [-0.4, -0.2) is 27.9 Å². The molecule has 3 rings (SSSR count). The van der Waals surface area contributed by atoms with Crippen molar-refractivity contribution in [2.24, 2.45) is 0 Å². The van der Waals surface area contributed by atoms with Crippen LogP contribution in [0.2, 0.25) is 10.0 Å². The zero-order chi connectivity index (χ0) is 17.5. The van der Waals surface area contributed by atoms with Crippen molar-refractivity contribution >= 4 is 23.2 Å². The van der Waals surface area contributed by atoms with E-state index in [2.05, 4.69) is 15.4 Å². The number of halogens is 2. The highest BCUT2D eigenvalue weighted by Crippen LogP contribution is 2.27. The molecule has 1 aromatic heterocycles. The monoisotopic (exact) mass is 376 g/mol. The van der Waals surface area contributed by atoms with Crippen LogP contribution in [0.5, 0.6) is 5.75 Å². The van der Waals surface area contributed by atoms with E-state index in [0.717, 1.165) is 11.3 Å². The molecule has 0 bridgehead atoms. The molecule has 5 nitrogen and oxygen atoms in total. The molecule has 0 aliphatic rings. The summed E-state index contributed by atoms with van der Waals surface area (Å²) in [6.07, 6.45) is 3.19. The highest BCUT2D eigenvalue weighted by molar-refractivity contribution is 6.35. The van der Waals surface area contributed by atoms with Gasteiger partial charge in [0.25, 0.3) is 0 Å². The topological polar surface area (TPSA) is 52.0 Å². The highest BCUT2D eigenvalue weighted by atomic mass is 35.5. The molecule has 25 heavy (non-hydrogen) atoms. The molecule has 0 fully saturated rings. The van der Waals surface area contributed by atoms with Gasteiger partial charge in [-0.1, -0.05) is 47.5 Å². The van der Waals surface area contributed by atoms with Crippen molar-refractivity contribution in [1.29, 1.82) is 0 Å². The predicted octanol–water partition coefficient (Wildman–Crippen LogP) is 3.99. The second-order valence-corrected chi connectivity index (χ2v) is 6.30. The summed E-state index contributed by atoms with van der Waals surface area (Å²) in [5.74, 6) is 0.849. The predicted molar refractivity (Wildman–Crippen MR) is 99.2 cm³/mol. The minimum atomic E-state index is -0.0363. The molecule has 0 saturated carbocycles. The quantitative estimate of drug-likeness (QED) is 0.603. The summed E-state index contributed by atoms with van der Waals surface area (Å²) in [5.41, 5.74) is 0.960. The number of rotatable bonds is 8. The molecule has 0 aliphatic heterocycles. The van der Waals surface area contributed by atoms with Gasteiger partial charge in [-0.25, -0.2) is 4.98 Å². The summed E-state index contributed by atoms with van der Waals surface area (Å²) in [7, 11) is 0. The number of hydrogen-bond donors (Lipinski definition) is 1. The molecule has 3 aromatic rings. The number of aromatic nitrogens is 3. The van der Waals surface area contributed by atoms with Crippen LogP contribution in [0.15, 0.2) is 61.2 Å². The van der Waals surface area contributed by atoms with Gasteiger partial charge in [0.05, 0.1) is 12.6 Å². The van der Waals surface area contributed by atoms with Crippen LogP contribution in [-0.2, 0) is 6.54 Å². The molecule has 1 unspecified atom stereocenters.